The second-order valence-electron chi connectivity index (χ2n) is 5.10. The van der Waals surface area contributed by atoms with Crippen molar-refractivity contribution in [1.29, 1.82) is 0 Å². The van der Waals surface area contributed by atoms with Gasteiger partial charge in [0, 0.05) is 13.1 Å². The van der Waals surface area contributed by atoms with Gasteiger partial charge in [-0.15, -0.1) is 0 Å². The van der Waals surface area contributed by atoms with Crippen molar-refractivity contribution in [1.82, 2.24) is 10.2 Å². The topological polar surface area (TPSA) is 32.3 Å². The minimum Gasteiger partial charge on any atom is -0.341 e. The molecule has 2 saturated heterocycles. The molecule has 2 aliphatic rings. The summed E-state index contributed by atoms with van der Waals surface area (Å²) in [7, 11) is 0. The smallest absolute Gasteiger partial charge is 0.239 e. The first-order valence-corrected chi connectivity index (χ1v) is 6.90. The van der Waals surface area contributed by atoms with Crippen LogP contribution < -0.4 is 5.32 Å². The van der Waals surface area contributed by atoms with Crippen molar-refractivity contribution in [2.45, 2.75) is 57.4 Å². The summed E-state index contributed by atoms with van der Waals surface area (Å²) in [5.41, 5.74) is 0. The number of piperidine rings is 1. The molecule has 0 bridgehead atoms. The van der Waals surface area contributed by atoms with Crippen LogP contribution in [0.15, 0.2) is 0 Å². The van der Waals surface area contributed by atoms with Crippen LogP contribution in [0.2, 0.25) is 0 Å². The van der Waals surface area contributed by atoms with Gasteiger partial charge in [-0.25, -0.2) is 0 Å². The Kier molecular flexibility index (Phi) is 4.64. The van der Waals surface area contributed by atoms with E-state index in [-0.39, 0.29) is 6.04 Å². The fourth-order valence-electron chi connectivity index (χ4n) is 2.75. The van der Waals surface area contributed by atoms with E-state index in [0.29, 0.717) is 5.91 Å². The summed E-state index contributed by atoms with van der Waals surface area (Å²) in [6.07, 6.45) is 9.79. The summed E-state index contributed by atoms with van der Waals surface area (Å²) in [5.74, 6) is 0.363. The molecule has 2 fully saturated rings. The average molecular weight is 224 g/mol. The van der Waals surface area contributed by atoms with E-state index >= 15 is 0 Å². The van der Waals surface area contributed by atoms with Crippen molar-refractivity contribution in [2.24, 2.45) is 0 Å². The summed E-state index contributed by atoms with van der Waals surface area (Å²) in [4.78, 5) is 14.4. The first-order chi connectivity index (χ1) is 7.88. The predicted octanol–water partition coefficient (Wildman–Crippen LogP) is 1.92. The standard InChI is InChI=1S/C13H24N2O/c16-13(12-8-4-5-9-14-12)15-10-6-2-1-3-7-11-15/h12,14H,1-11H2/t12-/m1/s1. The normalized spacial score (nSPS) is 28.2. The number of nitrogens with zero attached hydrogens (tertiary/aromatic N) is 1. The van der Waals surface area contributed by atoms with Crippen LogP contribution in [0.3, 0.4) is 0 Å². The van der Waals surface area contributed by atoms with Crippen LogP contribution in [0, 0.1) is 0 Å². The van der Waals surface area contributed by atoms with E-state index in [1.54, 1.807) is 0 Å². The highest BCUT2D eigenvalue weighted by Gasteiger charge is 2.25. The van der Waals surface area contributed by atoms with E-state index in [1.165, 1.54) is 44.9 Å². The predicted molar refractivity (Wildman–Crippen MR) is 65.3 cm³/mol. The van der Waals surface area contributed by atoms with E-state index in [4.69, 9.17) is 0 Å². The van der Waals surface area contributed by atoms with Gasteiger partial charge in [0.2, 0.25) is 5.91 Å². The van der Waals surface area contributed by atoms with Gasteiger partial charge in [0.15, 0.2) is 0 Å². The molecule has 2 rings (SSSR count). The van der Waals surface area contributed by atoms with Gasteiger partial charge in [0.25, 0.3) is 0 Å². The third-order valence-electron chi connectivity index (χ3n) is 3.78. The quantitative estimate of drug-likeness (QED) is 0.738. The Morgan fingerprint density at radius 2 is 1.62 bits per heavy atom. The van der Waals surface area contributed by atoms with E-state index in [0.717, 1.165) is 26.1 Å². The number of amides is 1. The van der Waals surface area contributed by atoms with Crippen molar-refractivity contribution >= 4 is 5.91 Å². The maximum Gasteiger partial charge on any atom is 0.239 e. The summed E-state index contributed by atoms with van der Waals surface area (Å²) in [6.45, 7) is 2.98. The maximum atomic E-state index is 12.3. The van der Waals surface area contributed by atoms with E-state index in [2.05, 4.69) is 10.2 Å². The first-order valence-electron chi connectivity index (χ1n) is 6.90. The highest BCUT2D eigenvalue weighted by atomic mass is 16.2. The van der Waals surface area contributed by atoms with Crippen molar-refractivity contribution < 1.29 is 4.79 Å². The van der Waals surface area contributed by atoms with Crippen LogP contribution in [0.5, 0.6) is 0 Å². The molecule has 0 aromatic carbocycles. The van der Waals surface area contributed by atoms with Crippen LogP contribution in [0.25, 0.3) is 0 Å². The van der Waals surface area contributed by atoms with Gasteiger partial charge in [-0.05, 0) is 32.2 Å². The minimum atomic E-state index is 0.119. The molecule has 0 aromatic heterocycles. The number of carbonyl (C=O) groups is 1. The summed E-state index contributed by atoms with van der Waals surface area (Å²) in [5, 5.41) is 3.36. The lowest BCUT2D eigenvalue weighted by molar-refractivity contribution is -0.134. The Hall–Kier alpha value is -0.570. The molecule has 1 N–H and O–H groups in total. The van der Waals surface area contributed by atoms with Crippen LogP contribution in [0.1, 0.15) is 51.4 Å². The highest BCUT2D eigenvalue weighted by Crippen LogP contribution is 2.14. The Morgan fingerprint density at radius 1 is 0.938 bits per heavy atom. The molecule has 1 amide bonds. The first kappa shape index (κ1) is 11.9. The molecule has 0 radical (unpaired) electrons. The molecule has 0 unspecified atom stereocenters. The fraction of sp³-hybridized carbons (Fsp3) is 0.923. The van der Waals surface area contributed by atoms with Crippen molar-refractivity contribution in [3.63, 3.8) is 0 Å². The molecule has 92 valence electrons. The van der Waals surface area contributed by atoms with Gasteiger partial charge < -0.3 is 10.2 Å². The van der Waals surface area contributed by atoms with E-state index in [9.17, 15) is 4.79 Å². The second-order valence-corrected chi connectivity index (χ2v) is 5.10. The lowest BCUT2D eigenvalue weighted by atomic mass is 10.0. The Morgan fingerprint density at radius 3 is 2.25 bits per heavy atom. The summed E-state index contributed by atoms with van der Waals surface area (Å²) < 4.78 is 0. The molecule has 1 atom stereocenters. The minimum absolute atomic E-state index is 0.119. The van der Waals surface area contributed by atoms with Crippen LogP contribution in [-0.2, 0) is 4.79 Å². The molecule has 3 heteroatoms. The van der Waals surface area contributed by atoms with Gasteiger partial charge in [0.1, 0.15) is 0 Å². The summed E-state index contributed by atoms with van der Waals surface area (Å²) in [6, 6.07) is 0.119. The van der Waals surface area contributed by atoms with Crippen LogP contribution >= 0.6 is 0 Å². The molecular weight excluding hydrogens is 200 g/mol. The molecule has 0 aromatic rings. The lowest BCUT2D eigenvalue weighted by Gasteiger charge is -2.31. The number of hydrogen-bond acceptors (Lipinski definition) is 2. The number of likely N-dealkylation sites (tertiary alicyclic amines) is 1. The molecule has 0 aliphatic carbocycles. The van der Waals surface area contributed by atoms with Gasteiger partial charge in [-0.1, -0.05) is 25.7 Å². The zero-order valence-corrected chi connectivity index (χ0v) is 10.2. The van der Waals surface area contributed by atoms with Gasteiger partial charge in [-0.2, -0.15) is 0 Å². The van der Waals surface area contributed by atoms with Gasteiger partial charge in [0.05, 0.1) is 6.04 Å². The number of carbonyl (C=O) groups excluding carboxylic acids is 1. The molecule has 2 aliphatic heterocycles. The molecule has 0 spiro atoms. The Balaban J connectivity index is 1.85. The molecular formula is C13H24N2O. The number of rotatable bonds is 1. The zero-order valence-electron chi connectivity index (χ0n) is 10.2. The summed E-state index contributed by atoms with van der Waals surface area (Å²) >= 11 is 0. The molecule has 16 heavy (non-hydrogen) atoms. The van der Waals surface area contributed by atoms with E-state index in [1.807, 2.05) is 0 Å². The fourth-order valence-corrected chi connectivity index (χ4v) is 2.75. The van der Waals surface area contributed by atoms with Crippen LogP contribution in [-0.4, -0.2) is 36.5 Å². The molecule has 2 heterocycles. The maximum absolute atomic E-state index is 12.3. The number of nitrogens with one attached hydrogen (secondary N) is 1. The van der Waals surface area contributed by atoms with Gasteiger partial charge >= 0.3 is 0 Å². The van der Waals surface area contributed by atoms with E-state index < -0.39 is 0 Å². The van der Waals surface area contributed by atoms with Crippen LogP contribution in [0.4, 0.5) is 0 Å². The third-order valence-corrected chi connectivity index (χ3v) is 3.78. The SMILES string of the molecule is O=C([C@H]1CCCCN1)N1CCCCCCC1. The second kappa shape index (κ2) is 6.24. The third kappa shape index (κ3) is 3.21. The van der Waals surface area contributed by atoms with Gasteiger partial charge in [-0.3, -0.25) is 4.79 Å². The molecule has 0 saturated carbocycles. The molecule has 3 nitrogen and oxygen atoms in total. The van der Waals surface area contributed by atoms with Crippen molar-refractivity contribution in [3.8, 4) is 0 Å². The Labute approximate surface area is 98.6 Å². The Bertz CT molecular complexity index is 216. The average Bonchev–Trinajstić information content (AvgIpc) is 2.29. The zero-order chi connectivity index (χ0) is 11.2. The lowest BCUT2D eigenvalue weighted by Crippen LogP contribution is -2.49. The van der Waals surface area contributed by atoms with Crippen molar-refractivity contribution in [3.05, 3.63) is 0 Å². The largest absolute Gasteiger partial charge is 0.341 e. The number of hydrogen-bond donors (Lipinski definition) is 1. The monoisotopic (exact) mass is 224 g/mol. The highest BCUT2D eigenvalue weighted by molar-refractivity contribution is 5.82. The van der Waals surface area contributed by atoms with Crippen molar-refractivity contribution in [2.75, 3.05) is 19.6 Å².